The summed E-state index contributed by atoms with van der Waals surface area (Å²) in [6.07, 6.45) is 2.86. The molecule has 2 rings (SSSR count). The average Bonchev–Trinajstić information content (AvgIpc) is 2.41. The van der Waals surface area contributed by atoms with Crippen molar-refractivity contribution in [2.45, 2.75) is 32.6 Å². The Labute approximate surface area is 107 Å². The molecule has 5 nitrogen and oxygen atoms in total. The second-order valence-electron chi connectivity index (χ2n) is 5.40. The highest BCUT2D eigenvalue weighted by Gasteiger charge is 2.40. The Morgan fingerprint density at radius 3 is 3.00 bits per heavy atom. The van der Waals surface area contributed by atoms with Gasteiger partial charge in [0.15, 0.2) is 0 Å². The molecule has 2 heterocycles. The van der Waals surface area contributed by atoms with Crippen LogP contribution in [0.3, 0.4) is 0 Å². The number of hydrogen-bond donors (Lipinski definition) is 0. The summed E-state index contributed by atoms with van der Waals surface area (Å²) in [6, 6.07) is 0. The van der Waals surface area contributed by atoms with Crippen molar-refractivity contribution < 1.29 is 23.8 Å². The minimum atomic E-state index is -0.677. The van der Waals surface area contributed by atoms with Crippen LogP contribution in [0, 0.1) is 11.3 Å². The van der Waals surface area contributed by atoms with Crippen LogP contribution >= 0.6 is 0 Å². The van der Waals surface area contributed by atoms with Crippen LogP contribution in [-0.2, 0) is 23.8 Å². The lowest BCUT2D eigenvalue weighted by Crippen LogP contribution is -2.40. The molecule has 0 aromatic carbocycles. The van der Waals surface area contributed by atoms with Crippen molar-refractivity contribution in [1.82, 2.24) is 0 Å². The fourth-order valence-electron chi connectivity index (χ4n) is 2.23. The first-order valence-electron chi connectivity index (χ1n) is 6.51. The van der Waals surface area contributed by atoms with E-state index < -0.39 is 5.41 Å². The van der Waals surface area contributed by atoms with E-state index in [9.17, 15) is 9.59 Å². The predicted molar refractivity (Wildman–Crippen MR) is 62.8 cm³/mol. The molecule has 0 aromatic heterocycles. The van der Waals surface area contributed by atoms with Crippen molar-refractivity contribution in [1.29, 1.82) is 0 Å². The monoisotopic (exact) mass is 256 g/mol. The smallest absolute Gasteiger partial charge is 0.315 e. The Hall–Kier alpha value is -1.10. The summed E-state index contributed by atoms with van der Waals surface area (Å²) < 4.78 is 15.6. The van der Waals surface area contributed by atoms with Gasteiger partial charge in [0.1, 0.15) is 6.61 Å². The molecule has 2 fully saturated rings. The number of cyclic esters (lactones) is 1. The van der Waals surface area contributed by atoms with Gasteiger partial charge in [0.2, 0.25) is 0 Å². The fourth-order valence-corrected chi connectivity index (χ4v) is 2.23. The molecule has 0 radical (unpaired) electrons. The van der Waals surface area contributed by atoms with Crippen LogP contribution in [0.2, 0.25) is 0 Å². The predicted octanol–water partition coefficient (Wildman–Crippen LogP) is 1.30. The number of hydrogen-bond acceptors (Lipinski definition) is 5. The van der Waals surface area contributed by atoms with Gasteiger partial charge in [-0.1, -0.05) is 0 Å². The topological polar surface area (TPSA) is 61.8 Å². The van der Waals surface area contributed by atoms with Crippen molar-refractivity contribution in [2.75, 3.05) is 26.4 Å². The van der Waals surface area contributed by atoms with Gasteiger partial charge in [-0.2, -0.15) is 0 Å². The molecule has 2 aliphatic heterocycles. The van der Waals surface area contributed by atoms with Gasteiger partial charge in [0, 0.05) is 18.9 Å². The number of carbonyl (C=O) groups is 2. The third-order valence-corrected chi connectivity index (χ3v) is 3.63. The largest absolute Gasteiger partial charge is 0.465 e. The van der Waals surface area contributed by atoms with Gasteiger partial charge >= 0.3 is 11.9 Å². The molecule has 2 atom stereocenters. The molecule has 5 heteroatoms. The highest BCUT2D eigenvalue weighted by Crippen LogP contribution is 2.30. The summed E-state index contributed by atoms with van der Waals surface area (Å²) in [5, 5.41) is 0. The Morgan fingerprint density at radius 2 is 2.39 bits per heavy atom. The first-order chi connectivity index (χ1) is 8.60. The minimum absolute atomic E-state index is 0.131. The van der Waals surface area contributed by atoms with E-state index >= 15 is 0 Å². The zero-order valence-electron chi connectivity index (χ0n) is 10.8. The number of carbonyl (C=O) groups excluding carboxylic acids is 2. The Kier molecular flexibility index (Phi) is 4.22. The van der Waals surface area contributed by atoms with Crippen LogP contribution < -0.4 is 0 Å². The van der Waals surface area contributed by atoms with Crippen LogP contribution in [0.25, 0.3) is 0 Å². The molecule has 2 saturated heterocycles. The second-order valence-corrected chi connectivity index (χ2v) is 5.40. The van der Waals surface area contributed by atoms with Gasteiger partial charge < -0.3 is 14.2 Å². The number of rotatable bonds is 3. The van der Waals surface area contributed by atoms with Crippen LogP contribution in [-0.4, -0.2) is 38.4 Å². The summed E-state index contributed by atoms with van der Waals surface area (Å²) in [6.45, 7) is 3.80. The maximum absolute atomic E-state index is 12.0. The third kappa shape index (κ3) is 3.22. The zero-order valence-corrected chi connectivity index (χ0v) is 10.8. The van der Waals surface area contributed by atoms with Crippen LogP contribution in [0.4, 0.5) is 0 Å². The van der Waals surface area contributed by atoms with Crippen LogP contribution in [0.15, 0.2) is 0 Å². The van der Waals surface area contributed by atoms with Crippen molar-refractivity contribution >= 4 is 11.9 Å². The average molecular weight is 256 g/mol. The first kappa shape index (κ1) is 13.3. The van der Waals surface area contributed by atoms with E-state index in [4.69, 9.17) is 14.2 Å². The molecule has 18 heavy (non-hydrogen) atoms. The van der Waals surface area contributed by atoms with Crippen LogP contribution in [0.1, 0.15) is 32.6 Å². The van der Waals surface area contributed by atoms with Gasteiger partial charge in [0.25, 0.3) is 0 Å². The molecule has 0 bridgehead atoms. The normalized spacial score (nSPS) is 32.7. The van der Waals surface area contributed by atoms with Gasteiger partial charge in [-0.05, 0) is 26.2 Å². The van der Waals surface area contributed by atoms with E-state index in [1.165, 1.54) is 0 Å². The Bertz CT molecular complexity index is 309. The summed E-state index contributed by atoms with van der Waals surface area (Å²) in [5.74, 6) is -0.195. The lowest BCUT2D eigenvalue weighted by Gasteiger charge is -2.31. The van der Waals surface area contributed by atoms with Crippen molar-refractivity contribution in [2.24, 2.45) is 11.3 Å². The Morgan fingerprint density at radius 1 is 1.56 bits per heavy atom. The lowest BCUT2D eigenvalue weighted by molar-refractivity contribution is -0.171. The van der Waals surface area contributed by atoms with Gasteiger partial charge in [-0.15, -0.1) is 0 Å². The second kappa shape index (κ2) is 5.69. The van der Waals surface area contributed by atoms with Crippen LogP contribution in [0.5, 0.6) is 0 Å². The molecule has 2 aliphatic rings. The van der Waals surface area contributed by atoms with Gasteiger partial charge in [-0.3, -0.25) is 9.59 Å². The van der Waals surface area contributed by atoms with Crippen molar-refractivity contribution in [3.05, 3.63) is 0 Å². The summed E-state index contributed by atoms with van der Waals surface area (Å²) in [4.78, 5) is 23.0. The fraction of sp³-hybridized carbons (Fsp3) is 0.846. The highest BCUT2D eigenvalue weighted by atomic mass is 16.6. The highest BCUT2D eigenvalue weighted by molar-refractivity contribution is 5.80. The molecule has 0 N–H and O–H groups in total. The molecule has 0 aromatic rings. The summed E-state index contributed by atoms with van der Waals surface area (Å²) in [5.41, 5.74) is -0.677. The molecule has 0 amide bonds. The maximum atomic E-state index is 12.0. The Balaban J connectivity index is 1.78. The molecule has 2 unspecified atom stereocenters. The standard InChI is InChI=1S/C13H20O5/c1-13(5-4-11(14)18-9-13)12(15)17-8-10-3-2-6-16-7-10/h10H,2-9H2,1H3. The number of esters is 2. The van der Waals surface area contributed by atoms with E-state index in [1.54, 1.807) is 6.92 Å². The minimum Gasteiger partial charge on any atom is -0.465 e. The molecular weight excluding hydrogens is 236 g/mol. The van der Waals surface area contributed by atoms with Crippen molar-refractivity contribution in [3.63, 3.8) is 0 Å². The first-order valence-corrected chi connectivity index (χ1v) is 6.51. The molecule has 102 valence electrons. The van der Waals surface area contributed by atoms with E-state index in [0.717, 1.165) is 19.4 Å². The van der Waals surface area contributed by atoms with Gasteiger partial charge in [0.05, 0.1) is 18.6 Å². The van der Waals surface area contributed by atoms with E-state index in [2.05, 4.69) is 0 Å². The molecule has 0 aliphatic carbocycles. The van der Waals surface area contributed by atoms with Gasteiger partial charge in [-0.25, -0.2) is 0 Å². The maximum Gasteiger partial charge on any atom is 0.315 e. The third-order valence-electron chi connectivity index (χ3n) is 3.63. The zero-order chi connectivity index (χ0) is 13.0. The van der Waals surface area contributed by atoms with E-state index in [-0.39, 0.29) is 25.0 Å². The van der Waals surface area contributed by atoms with Crippen molar-refractivity contribution in [3.8, 4) is 0 Å². The summed E-state index contributed by atoms with van der Waals surface area (Å²) >= 11 is 0. The SMILES string of the molecule is CC1(C(=O)OCC2CCCOC2)CCC(=O)OC1. The molecule has 0 spiro atoms. The lowest BCUT2D eigenvalue weighted by atomic mass is 9.85. The quantitative estimate of drug-likeness (QED) is 0.712. The molecular formula is C13H20O5. The number of ether oxygens (including phenoxy) is 3. The van der Waals surface area contributed by atoms with E-state index in [1.807, 2.05) is 0 Å². The molecule has 0 saturated carbocycles. The van der Waals surface area contributed by atoms with E-state index in [0.29, 0.717) is 25.6 Å². The summed E-state index contributed by atoms with van der Waals surface area (Å²) in [7, 11) is 0.